The Morgan fingerprint density at radius 3 is 2.32 bits per heavy atom. The van der Waals surface area contributed by atoms with E-state index in [1.807, 2.05) is 71.5 Å². The van der Waals surface area contributed by atoms with Crippen LogP contribution < -0.4 is 14.8 Å². The first kappa shape index (κ1) is 25.1. The summed E-state index contributed by atoms with van der Waals surface area (Å²) in [7, 11) is 1.59. The predicted octanol–water partition coefficient (Wildman–Crippen LogP) is 6.71. The van der Waals surface area contributed by atoms with E-state index < -0.39 is 0 Å². The monoisotopic (exact) mass is 523 g/mol. The molecule has 0 atom stereocenters. The van der Waals surface area contributed by atoms with Crippen molar-refractivity contribution in [3.05, 3.63) is 131 Å². The standard InChI is InChI=1S/C31H26ClN3O3/c1-37-29-17-12-23(18-24(29)21-38-28-15-13-26(32)14-16-28)31(36)33-19-25-20-35(27-10-6-3-7-11-27)34-30(25)22-8-4-2-5-9-22/h2-18,20H,19,21H2,1H3,(H,33,36). The van der Waals surface area contributed by atoms with Gasteiger partial charge in [-0.1, -0.05) is 60.1 Å². The summed E-state index contributed by atoms with van der Waals surface area (Å²) in [5.74, 6) is 1.12. The average Bonchev–Trinajstić information content (AvgIpc) is 3.41. The second-order valence-corrected chi connectivity index (χ2v) is 9.04. The van der Waals surface area contributed by atoms with Gasteiger partial charge in [-0.2, -0.15) is 5.10 Å². The molecule has 5 aromatic rings. The molecule has 4 aromatic carbocycles. The van der Waals surface area contributed by atoms with Crippen LogP contribution in [0.5, 0.6) is 11.5 Å². The Hall–Kier alpha value is -4.55. The molecule has 7 heteroatoms. The molecule has 0 saturated heterocycles. The highest BCUT2D eigenvalue weighted by Gasteiger charge is 2.15. The molecule has 0 aliphatic carbocycles. The highest BCUT2D eigenvalue weighted by Crippen LogP contribution is 2.25. The van der Waals surface area contributed by atoms with Gasteiger partial charge in [0.2, 0.25) is 0 Å². The molecule has 0 fully saturated rings. The number of nitrogens with one attached hydrogen (secondary N) is 1. The van der Waals surface area contributed by atoms with Gasteiger partial charge in [0.25, 0.3) is 5.91 Å². The molecule has 0 spiro atoms. The fraction of sp³-hybridized carbons (Fsp3) is 0.0968. The second kappa shape index (κ2) is 11.7. The van der Waals surface area contributed by atoms with E-state index in [0.717, 1.165) is 28.1 Å². The van der Waals surface area contributed by atoms with Gasteiger partial charge in [-0.15, -0.1) is 0 Å². The SMILES string of the molecule is COc1ccc(C(=O)NCc2cn(-c3ccccc3)nc2-c2ccccc2)cc1COc1ccc(Cl)cc1. The third-order valence-electron chi connectivity index (χ3n) is 6.05. The first-order chi connectivity index (χ1) is 18.6. The third-order valence-corrected chi connectivity index (χ3v) is 6.30. The second-order valence-electron chi connectivity index (χ2n) is 8.60. The molecule has 0 unspecified atom stereocenters. The van der Waals surface area contributed by atoms with Gasteiger partial charge in [-0.25, -0.2) is 4.68 Å². The molecule has 0 radical (unpaired) electrons. The zero-order valence-corrected chi connectivity index (χ0v) is 21.6. The van der Waals surface area contributed by atoms with E-state index >= 15 is 0 Å². The lowest BCUT2D eigenvalue weighted by atomic mass is 10.1. The number of para-hydroxylation sites is 1. The maximum Gasteiger partial charge on any atom is 0.251 e. The summed E-state index contributed by atoms with van der Waals surface area (Å²) in [6.07, 6.45) is 1.96. The van der Waals surface area contributed by atoms with Crippen LogP contribution in [0, 0.1) is 0 Å². The zero-order chi connectivity index (χ0) is 26.3. The van der Waals surface area contributed by atoms with Crippen molar-refractivity contribution in [3.63, 3.8) is 0 Å². The molecule has 0 aliphatic rings. The summed E-state index contributed by atoms with van der Waals surface area (Å²) in [5, 5.41) is 8.50. The lowest BCUT2D eigenvalue weighted by Crippen LogP contribution is -2.23. The summed E-state index contributed by atoms with van der Waals surface area (Å²) in [6, 6.07) is 32.3. The van der Waals surface area contributed by atoms with Crippen molar-refractivity contribution in [2.75, 3.05) is 7.11 Å². The number of hydrogen-bond acceptors (Lipinski definition) is 4. The van der Waals surface area contributed by atoms with Crippen LogP contribution in [0.25, 0.3) is 16.9 Å². The van der Waals surface area contributed by atoms with Crippen LogP contribution in [0.15, 0.2) is 109 Å². The Morgan fingerprint density at radius 2 is 1.61 bits per heavy atom. The number of aromatic nitrogens is 2. The Kier molecular flexibility index (Phi) is 7.71. The van der Waals surface area contributed by atoms with Gasteiger partial charge in [-0.3, -0.25) is 4.79 Å². The number of halogens is 1. The number of rotatable bonds is 9. The summed E-state index contributed by atoms with van der Waals surface area (Å²) < 4.78 is 13.2. The van der Waals surface area contributed by atoms with E-state index in [2.05, 4.69) is 5.32 Å². The first-order valence-corrected chi connectivity index (χ1v) is 12.5. The van der Waals surface area contributed by atoms with Crippen LogP contribution in [0.4, 0.5) is 0 Å². The largest absolute Gasteiger partial charge is 0.496 e. The van der Waals surface area contributed by atoms with E-state index in [0.29, 0.717) is 28.6 Å². The molecular formula is C31H26ClN3O3. The Balaban J connectivity index is 1.34. The van der Waals surface area contributed by atoms with Gasteiger partial charge in [0.15, 0.2) is 0 Å². The fourth-order valence-corrected chi connectivity index (χ4v) is 4.22. The van der Waals surface area contributed by atoms with Crippen LogP contribution in [0.3, 0.4) is 0 Å². The van der Waals surface area contributed by atoms with E-state index in [1.165, 1.54) is 0 Å². The van der Waals surface area contributed by atoms with Crippen molar-refractivity contribution in [2.24, 2.45) is 0 Å². The molecule has 1 aromatic heterocycles. The highest BCUT2D eigenvalue weighted by atomic mass is 35.5. The molecule has 190 valence electrons. The predicted molar refractivity (Wildman–Crippen MR) is 149 cm³/mol. The van der Waals surface area contributed by atoms with E-state index in [4.69, 9.17) is 26.2 Å². The molecule has 1 amide bonds. The molecule has 0 bridgehead atoms. The molecular weight excluding hydrogens is 498 g/mol. The smallest absolute Gasteiger partial charge is 0.251 e. The molecule has 1 N–H and O–H groups in total. The van der Waals surface area contributed by atoms with Crippen molar-refractivity contribution in [2.45, 2.75) is 13.2 Å². The highest BCUT2D eigenvalue weighted by molar-refractivity contribution is 6.30. The summed E-state index contributed by atoms with van der Waals surface area (Å²) in [4.78, 5) is 13.2. The van der Waals surface area contributed by atoms with Gasteiger partial charge >= 0.3 is 0 Å². The Labute approximate surface area is 226 Å². The van der Waals surface area contributed by atoms with Gasteiger partial charge < -0.3 is 14.8 Å². The minimum absolute atomic E-state index is 0.202. The summed E-state index contributed by atoms with van der Waals surface area (Å²) in [5.41, 5.74) is 4.93. The lowest BCUT2D eigenvalue weighted by molar-refractivity contribution is 0.0950. The van der Waals surface area contributed by atoms with Crippen LogP contribution in [-0.4, -0.2) is 22.8 Å². The van der Waals surface area contributed by atoms with Gasteiger partial charge in [0.05, 0.1) is 18.5 Å². The first-order valence-electron chi connectivity index (χ1n) is 12.1. The number of methoxy groups -OCH3 is 1. The van der Waals surface area contributed by atoms with Crippen molar-refractivity contribution in [3.8, 4) is 28.4 Å². The van der Waals surface area contributed by atoms with Crippen LogP contribution in [0.1, 0.15) is 21.5 Å². The molecule has 5 rings (SSSR count). The minimum atomic E-state index is -0.202. The van der Waals surface area contributed by atoms with E-state index in [-0.39, 0.29) is 12.5 Å². The molecule has 6 nitrogen and oxygen atoms in total. The number of carbonyl (C=O) groups excluding carboxylic acids is 1. The van der Waals surface area contributed by atoms with Crippen LogP contribution in [-0.2, 0) is 13.2 Å². The Morgan fingerprint density at radius 1 is 0.895 bits per heavy atom. The third kappa shape index (κ3) is 5.88. The molecule has 0 saturated carbocycles. The van der Waals surface area contributed by atoms with E-state index in [1.54, 1.807) is 49.6 Å². The quantitative estimate of drug-likeness (QED) is 0.233. The van der Waals surface area contributed by atoms with Gasteiger partial charge in [-0.05, 0) is 54.6 Å². The topological polar surface area (TPSA) is 65.4 Å². The van der Waals surface area contributed by atoms with E-state index in [9.17, 15) is 4.79 Å². The van der Waals surface area contributed by atoms with Crippen molar-refractivity contribution < 1.29 is 14.3 Å². The van der Waals surface area contributed by atoms with Crippen LogP contribution >= 0.6 is 11.6 Å². The molecule has 38 heavy (non-hydrogen) atoms. The normalized spacial score (nSPS) is 10.7. The lowest BCUT2D eigenvalue weighted by Gasteiger charge is -2.12. The van der Waals surface area contributed by atoms with Crippen molar-refractivity contribution >= 4 is 17.5 Å². The summed E-state index contributed by atoms with van der Waals surface area (Å²) >= 11 is 5.96. The molecule has 0 aliphatic heterocycles. The van der Waals surface area contributed by atoms with Gasteiger partial charge in [0.1, 0.15) is 18.1 Å². The number of benzene rings is 4. The Bertz CT molecular complexity index is 1520. The maximum atomic E-state index is 13.2. The maximum absolute atomic E-state index is 13.2. The minimum Gasteiger partial charge on any atom is -0.496 e. The number of hydrogen-bond donors (Lipinski definition) is 1. The number of nitrogens with zero attached hydrogens (tertiary/aromatic N) is 2. The number of carbonyl (C=O) groups is 1. The number of amides is 1. The molecule has 1 heterocycles. The van der Waals surface area contributed by atoms with Gasteiger partial charge in [0, 0.05) is 40.0 Å². The zero-order valence-electron chi connectivity index (χ0n) is 20.8. The average molecular weight is 524 g/mol. The van der Waals surface area contributed by atoms with Crippen LogP contribution in [0.2, 0.25) is 5.02 Å². The van der Waals surface area contributed by atoms with Crippen molar-refractivity contribution in [1.29, 1.82) is 0 Å². The van der Waals surface area contributed by atoms with Crippen molar-refractivity contribution in [1.82, 2.24) is 15.1 Å². The summed E-state index contributed by atoms with van der Waals surface area (Å²) in [6.45, 7) is 0.562. The fourth-order valence-electron chi connectivity index (χ4n) is 4.09. The number of ether oxygens (including phenoxy) is 2.